The van der Waals surface area contributed by atoms with E-state index < -0.39 is 24.6 Å². The highest BCUT2D eigenvalue weighted by molar-refractivity contribution is 5.83. The molecule has 1 aliphatic rings. The highest BCUT2D eigenvalue weighted by Crippen LogP contribution is 2.23. The Labute approximate surface area is 99.0 Å². The normalized spacial score (nSPS) is 25.7. The number of aliphatic carboxylic acids is 1. The number of aliphatic hydroxyl groups excluding tert-OH is 2. The van der Waals surface area contributed by atoms with Gasteiger partial charge in [0.2, 0.25) is 0 Å². The van der Waals surface area contributed by atoms with Crippen molar-refractivity contribution in [3.63, 3.8) is 0 Å². The highest BCUT2D eigenvalue weighted by atomic mass is 16.4. The summed E-state index contributed by atoms with van der Waals surface area (Å²) in [6, 6.07) is -2.16. The molecule has 0 aromatic heterocycles. The van der Waals surface area contributed by atoms with E-state index >= 15 is 0 Å². The lowest BCUT2D eigenvalue weighted by atomic mass is 10.0. The van der Waals surface area contributed by atoms with Crippen molar-refractivity contribution < 1.29 is 24.9 Å². The van der Waals surface area contributed by atoms with E-state index in [9.17, 15) is 9.59 Å². The van der Waals surface area contributed by atoms with Crippen molar-refractivity contribution in [3.05, 3.63) is 0 Å². The van der Waals surface area contributed by atoms with Crippen LogP contribution in [0, 0.1) is 5.92 Å². The first-order valence-electron chi connectivity index (χ1n) is 5.53. The molecular weight excluding hydrogens is 228 g/mol. The van der Waals surface area contributed by atoms with E-state index in [2.05, 4.69) is 5.32 Å². The molecule has 1 aliphatic heterocycles. The Bertz CT molecular complexity index is 296. The summed E-state index contributed by atoms with van der Waals surface area (Å²) in [6.45, 7) is 1.60. The lowest BCUT2D eigenvalue weighted by molar-refractivity contribution is -0.140. The van der Waals surface area contributed by atoms with Gasteiger partial charge < -0.3 is 25.5 Å². The number of carbonyl (C=O) groups is 2. The zero-order valence-corrected chi connectivity index (χ0v) is 9.67. The fraction of sp³-hybridized carbons (Fsp3) is 0.800. The van der Waals surface area contributed by atoms with Crippen LogP contribution in [0.5, 0.6) is 0 Å². The van der Waals surface area contributed by atoms with Gasteiger partial charge in [-0.25, -0.2) is 9.59 Å². The molecule has 98 valence electrons. The largest absolute Gasteiger partial charge is 0.480 e. The average molecular weight is 246 g/mol. The quantitative estimate of drug-likeness (QED) is 0.500. The van der Waals surface area contributed by atoms with E-state index in [-0.39, 0.29) is 18.6 Å². The fourth-order valence-electron chi connectivity index (χ4n) is 1.96. The van der Waals surface area contributed by atoms with Crippen LogP contribution in [0.25, 0.3) is 0 Å². The summed E-state index contributed by atoms with van der Waals surface area (Å²) in [5, 5.41) is 28.9. The van der Waals surface area contributed by atoms with Crippen LogP contribution in [0.4, 0.5) is 4.79 Å². The molecule has 0 radical (unpaired) electrons. The molecule has 0 saturated carbocycles. The molecule has 17 heavy (non-hydrogen) atoms. The molecule has 0 aromatic carbocycles. The fourth-order valence-corrected chi connectivity index (χ4v) is 1.96. The SMILES string of the molecule is CC1CCN(C(=O)N[C@@H](CO)C(=O)O)C1CO. The molecule has 2 amide bonds. The van der Waals surface area contributed by atoms with E-state index in [1.807, 2.05) is 6.92 Å². The second-order valence-electron chi connectivity index (χ2n) is 4.23. The topological polar surface area (TPSA) is 110 Å². The van der Waals surface area contributed by atoms with Crippen molar-refractivity contribution in [1.29, 1.82) is 0 Å². The minimum absolute atomic E-state index is 0.147. The van der Waals surface area contributed by atoms with Crippen LogP contribution < -0.4 is 5.32 Å². The van der Waals surface area contributed by atoms with Gasteiger partial charge >= 0.3 is 12.0 Å². The van der Waals surface area contributed by atoms with Crippen LogP contribution >= 0.6 is 0 Å². The molecule has 1 rings (SSSR count). The standard InChI is InChI=1S/C10H18N2O5/c1-6-2-3-12(8(6)5-14)10(17)11-7(4-13)9(15)16/h6-8,13-14H,2-5H2,1H3,(H,11,17)(H,15,16)/t6?,7-,8?/m0/s1. The molecule has 0 bridgehead atoms. The van der Waals surface area contributed by atoms with Gasteiger partial charge in [-0.3, -0.25) is 0 Å². The molecule has 0 aliphatic carbocycles. The maximum atomic E-state index is 11.8. The minimum atomic E-state index is -1.31. The maximum absolute atomic E-state index is 11.8. The lowest BCUT2D eigenvalue weighted by Crippen LogP contribution is -2.52. The van der Waals surface area contributed by atoms with Crippen molar-refractivity contribution in [1.82, 2.24) is 10.2 Å². The summed E-state index contributed by atoms with van der Waals surface area (Å²) in [4.78, 5) is 23.8. The Morgan fingerprint density at radius 2 is 2.12 bits per heavy atom. The molecule has 1 saturated heterocycles. The Balaban J connectivity index is 2.61. The number of urea groups is 1. The third kappa shape index (κ3) is 3.07. The van der Waals surface area contributed by atoms with Crippen molar-refractivity contribution >= 4 is 12.0 Å². The van der Waals surface area contributed by atoms with Crippen molar-refractivity contribution in [2.45, 2.75) is 25.4 Å². The first-order chi connectivity index (χ1) is 8.01. The van der Waals surface area contributed by atoms with Crippen molar-refractivity contribution in [3.8, 4) is 0 Å². The molecule has 4 N–H and O–H groups in total. The zero-order valence-electron chi connectivity index (χ0n) is 9.67. The Hall–Kier alpha value is -1.34. The number of nitrogens with one attached hydrogen (secondary N) is 1. The predicted molar refractivity (Wildman–Crippen MR) is 58.4 cm³/mol. The molecule has 7 nitrogen and oxygen atoms in total. The molecule has 7 heteroatoms. The molecular formula is C10H18N2O5. The molecule has 0 spiro atoms. The van der Waals surface area contributed by atoms with Gasteiger partial charge in [-0.2, -0.15) is 0 Å². The van der Waals surface area contributed by atoms with Crippen LogP contribution in [0.1, 0.15) is 13.3 Å². The van der Waals surface area contributed by atoms with Crippen LogP contribution in [0.15, 0.2) is 0 Å². The number of carbonyl (C=O) groups excluding carboxylic acids is 1. The number of carboxylic acids is 1. The average Bonchev–Trinajstić information content (AvgIpc) is 2.66. The molecule has 2 unspecified atom stereocenters. The lowest BCUT2D eigenvalue weighted by Gasteiger charge is -2.26. The van der Waals surface area contributed by atoms with Crippen LogP contribution in [-0.4, -0.2) is 64.1 Å². The molecule has 0 aromatic rings. The maximum Gasteiger partial charge on any atom is 0.328 e. The number of hydrogen-bond donors (Lipinski definition) is 4. The number of rotatable bonds is 4. The Morgan fingerprint density at radius 1 is 1.47 bits per heavy atom. The molecule has 1 fully saturated rings. The van der Waals surface area contributed by atoms with Gasteiger partial charge in [-0.15, -0.1) is 0 Å². The van der Waals surface area contributed by atoms with Crippen LogP contribution in [-0.2, 0) is 4.79 Å². The monoisotopic (exact) mass is 246 g/mol. The summed E-state index contributed by atoms with van der Waals surface area (Å²) >= 11 is 0. The van der Waals surface area contributed by atoms with Crippen LogP contribution in [0.3, 0.4) is 0 Å². The number of amides is 2. The highest BCUT2D eigenvalue weighted by Gasteiger charge is 2.35. The Morgan fingerprint density at radius 3 is 2.59 bits per heavy atom. The second-order valence-corrected chi connectivity index (χ2v) is 4.23. The van der Waals surface area contributed by atoms with E-state index in [0.29, 0.717) is 6.54 Å². The number of nitrogens with zero attached hydrogens (tertiary/aromatic N) is 1. The molecule has 1 heterocycles. The van der Waals surface area contributed by atoms with Crippen molar-refractivity contribution in [2.24, 2.45) is 5.92 Å². The smallest absolute Gasteiger partial charge is 0.328 e. The first-order valence-corrected chi connectivity index (χ1v) is 5.53. The van der Waals surface area contributed by atoms with Gasteiger partial charge in [0.1, 0.15) is 0 Å². The van der Waals surface area contributed by atoms with Crippen molar-refractivity contribution in [2.75, 3.05) is 19.8 Å². The number of likely N-dealkylation sites (tertiary alicyclic amines) is 1. The predicted octanol–water partition coefficient (Wildman–Crippen LogP) is -1.16. The van der Waals surface area contributed by atoms with Gasteiger partial charge in [0.05, 0.1) is 19.3 Å². The summed E-state index contributed by atoms with van der Waals surface area (Å²) in [7, 11) is 0. The summed E-state index contributed by atoms with van der Waals surface area (Å²) in [6.07, 6.45) is 0.773. The van der Waals surface area contributed by atoms with E-state index in [4.69, 9.17) is 15.3 Å². The second kappa shape index (κ2) is 5.83. The molecule has 3 atom stereocenters. The number of carboxylic acid groups (broad SMARTS) is 1. The van der Waals surface area contributed by atoms with Gasteiger partial charge in [0.25, 0.3) is 0 Å². The zero-order chi connectivity index (χ0) is 13.0. The Kier molecular flexibility index (Phi) is 4.71. The number of aliphatic hydroxyl groups is 2. The van der Waals surface area contributed by atoms with E-state index in [1.54, 1.807) is 0 Å². The van der Waals surface area contributed by atoms with E-state index in [1.165, 1.54) is 4.90 Å². The van der Waals surface area contributed by atoms with Gasteiger partial charge in [0, 0.05) is 6.54 Å². The third-order valence-corrected chi connectivity index (χ3v) is 3.11. The number of hydrogen-bond acceptors (Lipinski definition) is 4. The summed E-state index contributed by atoms with van der Waals surface area (Å²) in [5.74, 6) is -1.10. The summed E-state index contributed by atoms with van der Waals surface area (Å²) < 4.78 is 0. The van der Waals surface area contributed by atoms with Gasteiger partial charge in [-0.1, -0.05) is 6.92 Å². The minimum Gasteiger partial charge on any atom is -0.480 e. The summed E-state index contributed by atoms with van der Waals surface area (Å²) in [5.41, 5.74) is 0. The van der Waals surface area contributed by atoms with Crippen LogP contribution in [0.2, 0.25) is 0 Å². The van der Waals surface area contributed by atoms with E-state index in [0.717, 1.165) is 6.42 Å². The van der Waals surface area contributed by atoms with Gasteiger partial charge in [0.15, 0.2) is 6.04 Å². The van der Waals surface area contributed by atoms with Gasteiger partial charge in [-0.05, 0) is 12.3 Å². The first kappa shape index (κ1) is 13.7. The third-order valence-electron chi connectivity index (χ3n) is 3.11.